The standard InChI is InChI=1S/C8H12N2O4/c9-5(8(13)14)2-1-4-3-6(11)10-7(4)12/h4-5H,1-3,9H2,(H,13,14)(H,10,11,12)/t4?,5-/m0/s1. The monoisotopic (exact) mass is 200 g/mol. The van der Waals surface area contributed by atoms with Crippen LogP contribution in [0, 0.1) is 5.92 Å². The summed E-state index contributed by atoms with van der Waals surface area (Å²) < 4.78 is 0. The van der Waals surface area contributed by atoms with Crippen molar-refractivity contribution in [3.05, 3.63) is 0 Å². The van der Waals surface area contributed by atoms with E-state index in [0.29, 0.717) is 6.42 Å². The van der Waals surface area contributed by atoms with Crippen molar-refractivity contribution in [3.8, 4) is 0 Å². The molecule has 1 heterocycles. The molecule has 1 unspecified atom stereocenters. The summed E-state index contributed by atoms with van der Waals surface area (Å²) in [5.74, 6) is -2.13. The molecule has 2 amide bonds. The third-order valence-electron chi connectivity index (χ3n) is 2.21. The summed E-state index contributed by atoms with van der Waals surface area (Å²) in [4.78, 5) is 32.2. The molecule has 1 fully saturated rings. The van der Waals surface area contributed by atoms with Gasteiger partial charge in [-0.3, -0.25) is 19.7 Å². The Morgan fingerprint density at radius 2 is 2.29 bits per heavy atom. The van der Waals surface area contributed by atoms with E-state index in [4.69, 9.17) is 10.8 Å². The lowest BCUT2D eigenvalue weighted by Gasteiger charge is -2.08. The van der Waals surface area contributed by atoms with E-state index in [9.17, 15) is 14.4 Å². The van der Waals surface area contributed by atoms with Gasteiger partial charge in [-0.2, -0.15) is 0 Å². The minimum absolute atomic E-state index is 0.144. The lowest BCUT2D eigenvalue weighted by Crippen LogP contribution is -2.31. The van der Waals surface area contributed by atoms with Crippen molar-refractivity contribution in [1.82, 2.24) is 5.32 Å². The van der Waals surface area contributed by atoms with Crippen LogP contribution in [0.5, 0.6) is 0 Å². The smallest absolute Gasteiger partial charge is 0.320 e. The van der Waals surface area contributed by atoms with Crippen LogP contribution in [0.15, 0.2) is 0 Å². The van der Waals surface area contributed by atoms with Gasteiger partial charge in [-0.15, -0.1) is 0 Å². The van der Waals surface area contributed by atoms with Crippen LogP contribution in [0.1, 0.15) is 19.3 Å². The van der Waals surface area contributed by atoms with Crippen LogP contribution < -0.4 is 11.1 Å². The predicted molar refractivity (Wildman–Crippen MR) is 46.1 cm³/mol. The van der Waals surface area contributed by atoms with Crippen molar-refractivity contribution in [2.24, 2.45) is 11.7 Å². The summed E-state index contributed by atoms with van der Waals surface area (Å²) in [7, 11) is 0. The third kappa shape index (κ3) is 2.53. The van der Waals surface area contributed by atoms with Gasteiger partial charge in [0.1, 0.15) is 6.04 Å². The van der Waals surface area contributed by atoms with Crippen molar-refractivity contribution in [2.75, 3.05) is 0 Å². The van der Waals surface area contributed by atoms with Crippen LogP contribution >= 0.6 is 0 Å². The predicted octanol–water partition coefficient (Wildman–Crippen LogP) is -1.16. The quantitative estimate of drug-likeness (QED) is 0.496. The Hall–Kier alpha value is -1.43. The van der Waals surface area contributed by atoms with Gasteiger partial charge in [0.25, 0.3) is 0 Å². The Bertz CT molecular complexity index is 277. The molecular formula is C8H12N2O4. The molecule has 0 aromatic heterocycles. The van der Waals surface area contributed by atoms with Crippen LogP contribution in [0.25, 0.3) is 0 Å². The molecule has 14 heavy (non-hydrogen) atoms. The van der Waals surface area contributed by atoms with Crippen molar-refractivity contribution in [2.45, 2.75) is 25.3 Å². The molecule has 6 heteroatoms. The van der Waals surface area contributed by atoms with Gasteiger partial charge in [0.15, 0.2) is 0 Å². The Morgan fingerprint density at radius 1 is 1.64 bits per heavy atom. The number of aliphatic carboxylic acids is 1. The molecule has 1 aliphatic heterocycles. The van der Waals surface area contributed by atoms with Crippen LogP contribution in [-0.2, 0) is 14.4 Å². The first-order chi connectivity index (χ1) is 6.50. The van der Waals surface area contributed by atoms with E-state index in [2.05, 4.69) is 5.32 Å². The zero-order valence-corrected chi connectivity index (χ0v) is 7.53. The molecule has 4 N–H and O–H groups in total. The topological polar surface area (TPSA) is 109 Å². The van der Waals surface area contributed by atoms with E-state index >= 15 is 0 Å². The Balaban J connectivity index is 2.35. The zero-order valence-electron chi connectivity index (χ0n) is 7.53. The fourth-order valence-corrected chi connectivity index (χ4v) is 1.34. The lowest BCUT2D eigenvalue weighted by molar-refractivity contribution is -0.139. The Morgan fingerprint density at radius 3 is 2.71 bits per heavy atom. The van der Waals surface area contributed by atoms with E-state index in [0.717, 1.165) is 0 Å². The highest BCUT2D eigenvalue weighted by Crippen LogP contribution is 2.17. The fourth-order valence-electron chi connectivity index (χ4n) is 1.34. The number of hydrogen-bond donors (Lipinski definition) is 3. The SMILES string of the molecule is N[C@@H](CCC1CC(=O)NC1=O)C(=O)O. The number of nitrogens with one attached hydrogen (secondary N) is 1. The number of carboxylic acids is 1. The molecule has 0 aromatic rings. The van der Waals surface area contributed by atoms with Crippen molar-refractivity contribution in [1.29, 1.82) is 0 Å². The van der Waals surface area contributed by atoms with E-state index in [1.165, 1.54) is 0 Å². The summed E-state index contributed by atoms with van der Waals surface area (Å²) >= 11 is 0. The highest BCUT2D eigenvalue weighted by atomic mass is 16.4. The third-order valence-corrected chi connectivity index (χ3v) is 2.21. The Kier molecular flexibility index (Phi) is 3.19. The second-order valence-corrected chi connectivity index (χ2v) is 3.34. The van der Waals surface area contributed by atoms with E-state index in [1.54, 1.807) is 0 Å². The number of carbonyl (C=O) groups is 3. The Labute approximate surface area is 80.5 Å². The van der Waals surface area contributed by atoms with Gasteiger partial charge in [0.05, 0.1) is 0 Å². The maximum absolute atomic E-state index is 11.0. The second kappa shape index (κ2) is 4.19. The van der Waals surface area contributed by atoms with Gasteiger partial charge in [0.2, 0.25) is 11.8 Å². The summed E-state index contributed by atoms with van der Waals surface area (Å²) in [6.45, 7) is 0. The van der Waals surface area contributed by atoms with Gasteiger partial charge in [-0.05, 0) is 12.8 Å². The molecule has 0 spiro atoms. The average molecular weight is 200 g/mol. The highest BCUT2D eigenvalue weighted by Gasteiger charge is 2.30. The van der Waals surface area contributed by atoms with Crippen LogP contribution in [-0.4, -0.2) is 28.9 Å². The van der Waals surface area contributed by atoms with Gasteiger partial charge in [-0.25, -0.2) is 0 Å². The molecule has 0 bridgehead atoms. The largest absolute Gasteiger partial charge is 0.480 e. The van der Waals surface area contributed by atoms with Crippen molar-refractivity contribution >= 4 is 17.8 Å². The summed E-state index contributed by atoms with van der Waals surface area (Å²) in [5.41, 5.74) is 5.26. The van der Waals surface area contributed by atoms with Crippen molar-refractivity contribution in [3.63, 3.8) is 0 Å². The molecule has 1 rings (SSSR count). The summed E-state index contributed by atoms with van der Waals surface area (Å²) in [6, 6.07) is -0.960. The number of rotatable bonds is 4. The first kappa shape index (κ1) is 10.6. The molecule has 6 nitrogen and oxygen atoms in total. The van der Waals surface area contributed by atoms with Gasteiger partial charge in [0, 0.05) is 12.3 Å². The number of amides is 2. The summed E-state index contributed by atoms with van der Waals surface area (Å²) in [6.07, 6.45) is 0.691. The minimum Gasteiger partial charge on any atom is -0.480 e. The lowest BCUT2D eigenvalue weighted by atomic mass is 9.99. The zero-order chi connectivity index (χ0) is 10.7. The van der Waals surface area contributed by atoms with E-state index < -0.39 is 17.9 Å². The molecule has 0 saturated carbocycles. The number of imide groups is 1. The molecule has 0 radical (unpaired) electrons. The van der Waals surface area contributed by atoms with Crippen LogP contribution in [0.3, 0.4) is 0 Å². The van der Waals surface area contributed by atoms with Gasteiger partial charge in [-0.1, -0.05) is 0 Å². The maximum atomic E-state index is 11.0. The first-order valence-electron chi connectivity index (χ1n) is 4.32. The van der Waals surface area contributed by atoms with Crippen molar-refractivity contribution < 1.29 is 19.5 Å². The number of nitrogens with two attached hydrogens (primary N) is 1. The normalized spacial score (nSPS) is 23.4. The second-order valence-electron chi connectivity index (χ2n) is 3.34. The van der Waals surface area contributed by atoms with Crippen LogP contribution in [0.2, 0.25) is 0 Å². The first-order valence-corrected chi connectivity index (χ1v) is 4.32. The number of hydrogen-bond acceptors (Lipinski definition) is 4. The van der Waals surface area contributed by atoms with E-state index in [1.807, 2.05) is 0 Å². The number of carbonyl (C=O) groups excluding carboxylic acids is 2. The molecule has 0 aliphatic carbocycles. The molecule has 0 aromatic carbocycles. The molecular weight excluding hydrogens is 188 g/mol. The van der Waals surface area contributed by atoms with E-state index in [-0.39, 0.29) is 24.7 Å². The summed E-state index contributed by atoms with van der Waals surface area (Å²) in [5, 5.41) is 10.6. The maximum Gasteiger partial charge on any atom is 0.320 e. The molecule has 1 saturated heterocycles. The number of carboxylic acid groups (broad SMARTS) is 1. The molecule has 2 atom stereocenters. The molecule has 1 aliphatic rings. The average Bonchev–Trinajstić information content (AvgIpc) is 2.40. The fraction of sp³-hybridized carbons (Fsp3) is 0.625. The highest BCUT2D eigenvalue weighted by molar-refractivity contribution is 6.03. The van der Waals surface area contributed by atoms with Gasteiger partial charge >= 0.3 is 5.97 Å². The minimum atomic E-state index is -1.09. The van der Waals surface area contributed by atoms with Crippen LogP contribution in [0.4, 0.5) is 0 Å². The van der Waals surface area contributed by atoms with Gasteiger partial charge < -0.3 is 10.8 Å². The molecule has 78 valence electrons.